The number of rotatable bonds is 14. The molecule has 4 atom stereocenters. The number of aryl methyl sites for hydroxylation is 1. The van der Waals surface area contributed by atoms with Crippen molar-refractivity contribution in [1.29, 1.82) is 0 Å². The summed E-state index contributed by atoms with van der Waals surface area (Å²) in [5.74, 6) is -8.93. The minimum absolute atomic E-state index is 0.442. The van der Waals surface area contributed by atoms with E-state index >= 15 is 0 Å². The summed E-state index contributed by atoms with van der Waals surface area (Å²) in [5, 5.41) is 38.6. The van der Waals surface area contributed by atoms with Gasteiger partial charge < -0.3 is 39.5 Å². The maximum absolute atomic E-state index is 13.8. The van der Waals surface area contributed by atoms with E-state index in [9.17, 15) is 39.6 Å². The Balaban J connectivity index is 1.66. The summed E-state index contributed by atoms with van der Waals surface area (Å²) in [4.78, 5) is 50.4. The molecule has 12 nitrogen and oxygen atoms in total. The minimum Gasteiger partial charge on any atom is -0.480 e. The summed E-state index contributed by atoms with van der Waals surface area (Å²) in [7, 11) is 0. The summed E-state index contributed by atoms with van der Waals surface area (Å²) in [6, 6.07) is 25.1. The highest BCUT2D eigenvalue weighted by molar-refractivity contribution is 6.01. The van der Waals surface area contributed by atoms with Crippen LogP contribution in [0.15, 0.2) is 84.9 Å². The second kappa shape index (κ2) is 14.1. The number of hydrogen-bond donors (Lipinski definition) is 4. The highest BCUT2D eigenvalue weighted by Gasteiger charge is 2.62. The fourth-order valence-electron chi connectivity index (χ4n) is 5.20. The first-order valence-electron chi connectivity index (χ1n) is 13.9. The third-order valence-corrected chi connectivity index (χ3v) is 7.47. The lowest BCUT2D eigenvalue weighted by atomic mass is 9.85. The molecular formula is C32H33NO11. The molecule has 0 spiro atoms. The summed E-state index contributed by atoms with van der Waals surface area (Å²) in [6.45, 7) is -0.104. The number of carbonyl (C=O) groups is 4. The van der Waals surface area contributed by atoms with Crippen LogP contribution in [-0.4, -0.2) is 86.3 Å². The summed E-state index contributed by atoms with van der Waals surface area (Å²) in [6.07, 6.45) is -2.51. The molecule has 4 N–H and O–H groups in total. The van der Waals surface area contributed by atoms with E-state index in [1.807, 2.05) is 72.8 Å². The van der Waals surface area contributed by atoms with Crippen molar-refractivity contribution in [2.45, 2.75) is 49.7 Å². The normalized spacial score (nSPS) is 18.6. The van der Waals surface area contributed by atoms with Crippen LogP contribution in [0.5, 0.6) is 11.5 Å². The van der Waals surface area contributed by atoms with Gasteiger partial charge in [0.25, 0.3) is 5.91 Å². The number of carbonyl (C=O) groups excluding carboxylic acids is 1. The SMILES string of the molecule is CC(C(CCc1ccccc1)c1ccc(Oc2ccccc2)cc1)N(CC(=O)O)C(=O)C1OC(C(=O)O)(C(=O)O)OC1CO. The summed E-state index contributed by atoms with van der Waals surface area (Å²) < 4.78 is 16.1. The first-order valence-corrected chi connectivity index (χ1v) is 13.9. The molecule has 12 heteroatoms. The van der Waals surface area contributed by atoms with Gasteiger partial charge >= 0.3 is 23.7 Å². The predicted octanol–water partition coefficient (Wildman–Crippen LogP) is 3.14. The zero-order valence-electron chi connectivity index (χ0n) is 23.8. The van der Waals surface area contributed by atoms with Gasteiger partial charge in [-0.05, 0) is 55.2 Å². The van der Waals surface area contributed by atoms with Crippen LogP contribution < -0.4 is 4.74 Å². The third kappa shape index (κ3) is 7.22. The van der Waals surface area contributed by atoms with Crippen molar-refractivity contribution in [3.63, 3.8) is 0 Å². The van der Waals surface area contributed by atoms with E-state index < -0.39 is 66.9 Å². The van der Waals surface area contributed by atoms with Crippen molar-refractivity contribution in [3.8, 4) is 11.5 Å². The molecule has 1 aliphatic rings. The van der Waals surface area contributed by atoms with Gasteiger partial charge in [0.15, 0.2) is 6.10 Å². The van der Waals surface area contributed by atoms with Crippen molar-refractivity contribution < 1.29 is 53.8 Å². The van der Waals surface area contributed by atoms with Crippen LogP contribution >= 0.6 is 0 Å². The highest BCUT2D eigenvalue weighted by Crippen LogP contribution is 2.35. The fraction of sp³-hybridized carbons (Fsp3) is 0.312. The molecule has 1 aliphatic heterocycles. The van der Waals surface area contributed by atoms with Crippen LogP contribution in [0.3, 0.4) is 0 Å². The van der Waals surface area contributed by atoms with Gasteiger partial charge in [0.05, 0.1) is 6.61 Å². The Morgan fingerprint density at radius 3 is 1.95 bits per heavy atom. The van der Waals surface area contributed by atoms with E-state index in [1.165, 1.54) is 0 Å². The van der Waals surface area contributed by atoms with Crippen LogP contribution in [0.4, 0.5) is 0 Å². The molecule has 1 heterocycles. The number of hydrogen-bond acceptors (Lipinski definition) is 8. The lowest BCUT2D eigenvalue weighted by molar-refractivity contribution is -0.221. The van der Waals surface area contributed by atoms with Gasteiger partial charge in [-0.15, -0.1) is 0 Å². The molecule has 1 fully saturated rings. The number of ether oxygens (including phenoxy) is 3. The van der Waals surface area contributed by atoms with E-state index in [4.69, 9.17) is 14.2 Å². The van der Waals surface area contributed by atoms with E-state index in [1.54, 1.807) is 19.1 Å². The molecular weight excluding hydrogens is 574 g/mol. The van der Waals surface area contributed by atoms with Crippen LogP contribution in [0, 0.1) is 0 Å². The third-order valence-electron chi connectivity index (χ3n) is 7.47. The number of carboxylic acid groups (broad SMARTS) is 3. The maximum Gasteiger partial charge on any atom is 0.377 e. The molecule has 0 saturated carbocycles. The molecule has 4 rings (SSSR count). The van der Waals surface area contributed by atoms with Crippen LogP contribution in [0.25, 0.3) is 0 Å². The van der Waals surface area contributed by atoms with Gasteiger partial charge in [0, 0.05) is 12.0 Å². The Morgan fingerprint density at radius 2 is 1.41 bits per heavy atom. The quantitative estimate of drug-likeness (QED) is 0.198. The number of amides is 1. The molecule has 0 aliphatic carbocycles. The van der Waals surface area contributed by atoms with Gasteiger partial charge in [0.2, 0.25) is 0 Å². The Hall–Kier alpha value is -4.78. The lowest BCUT2D eigenvalue weighted by Crippen LogP contribution is -2.53. The van der Waals surface area contributed by atoms with Crippen molar-refractivity contribution in [2.75, 3.05) is 13.2 Å². The van der Waals surface area contributed by atoms with Crippen LogP contribution in [0.2, 0.25) is 0 Å². The molecule has 3 aromatic carbocycles. The molecule has 0 radical (unpaired) electrons. The largest absolute Gasteiger partial charge is 0.480 e. The van der Waals surface area contributed by atoms with Crippen molar-refractivity contribution in [1.82, 2.24) is 4.90 Å². The molecule has 232 valence electrons. The van der Waals surface area contributed by atoms with Crippen LogP contribution in [0.1, 0.15) is 30.4 Å². The molecule has 1 amide bonds. The van der Waals surface area contributed by atoms with E-state index in [-0.39, 0.29) is 0 Å². The number of aliphatic carboxylic acids is 3. The van der Waals surface area contributed by atoms with Gasteiger partial charge in [-0.1, -0.05) is 60.7 Å². The predicted molar refractivity (Wildman–Crippen MR) is 154 cm³/mol. The van der Waals surface area contributed by atoms with E-state index in [2.05, 4.69) is 0 Å². The van der Waals surface area contributed by atoms with Gasteiger partial charge in [0.1, 0.15) is 24.1 Å². The fourth-order valence-corrected chi connectivity index (χ4v) is 5.20. The zero-order valence-corrected chi connectivity index (χ0v) is 23.8. The molecule has 0 aromatic heterocycles. The van der Waals surface area contributed by atoms with Crippen LogP contribution in [-0.2, 0) is 35.1 Å². The summed E-state index contributed by atoms with van der Waals surface area (Å²) >= 11 is 0. The Labute approximate surface area is 253 Å². The Morgan fingerprint density at radius 1 is 0.841 bits per heavy atom. The van der Waals surface area contributed by atoms with E-state index in [0.29, 0.717) is 24.3 Å². The van der Waals surface area contributed by atoms with Crippen molar-refractivity contribution >= 4 is 23.8 Å². The maximum atomic E-state index is 13.8. The minimum atomic E-state index is -3.24. The Bertz CT molecular complexity index is 1430. The molecule has 3 aromatic rings. The topological polar surface area (TPSA) is 180 Å². The van der Waals surface area contributed by atoms with Crippen molar-refractivity contribution in [2.24, 2.45) is 0 Å². The number of carboxylic acids is 3. The monoisotopic (exact) mass is 607 g/mol. The second-order valence-electron chi connectivity index (χ2n) is 10.3. The average molecular weight is 608 g/mol. The van der Waals surface area contributed by atoms with E-state index in [0.717, 1.165) is 16.0 Å². The molecule has 0 bridgehead atoms. The number of para-hydroxylation sites is 1. The number of aliphatic hydroxyl groups excluding tert-OH is 1. The van der Waals surface area contributed by atoms with Gasteiger partial charge in [-0.2, -0.15) is 0 Å². The van der Waals surface area contributed by atoms with Crippen molar-refractivity contribution in [3.05, 3.63) is 96.1 Å². The molecule has 1 saturated heterocycles. The molecule has 4 unspecified atom stereocenters. The Kier molecular flexibility index (Phi) is 10.3. The standard InChI is InChI=1S/C32H33NO11/c1-20(33(18-27(35)36)29(37)28-26(19-34)43-32(44-28,30(38)39)31(40)41)25(17-12-21-8-4-2-5-9-21)22-13-15-24(16-14-22)42-23-10-6-3-7-11-23/h2-11,13-16,20,25-26,28,34H,12,17-19H2,1H3,(H,35,36)(H,38,39)(H,40,41). The molecule has 44 heavy (non-hydrogen) atoms. The second-order valence-corrected chi connectivity index (χ2v) is 10.3. The van der Waals surface area contributed by atoms with Gasteiger partial charge in [-0.25, -0.2) is 9.59 Å². The van der Waals surface area contributed by atoms with Gasteiger partial charge in [-0.3, -0.25) is 9.59 Å². The highest BCUT2D eigenvalue weighted by atomic mass is 16.8. The smallest absolute Gasteiger partial charge is 0.377 e. The first kappa shape index (κ1) is 32.1. The lowest BCUT2D eigenvalue weighted by Gasteiger charge is -2.36. The number of aliphatic hydroxyl groups is 1. The number of benzene rings is 3. The summed E-state index contributed by atoms with van der Waals surface area (Å²) in [5.41, 5.74) is 1.79. The average Bonchev–Trinajstić information content (AvgIpc) is 3.43. The first-order chi connectivity index (χ1) is 21.1. The zero-order chi connectivity index (χ0) is 31.9. The number of nitrogens with zero attached hydrogens (tertiary/aromatic N) is 1.